The first-order chi connectivity index (χ1) is 8.84. The number of piperidine rings is 1. The molecule has 0 radical (unpaired) electrons. The van der Waals surface area contributed by atoms with Gasteiger partial charge < -0.3 is 21.3 Å². The van der Waals surface area contributed by atoms with E-state index in [1.807, 2.05) is 0 Å². The molecule has 0 aromatic carbocycles. The number of hydrogen-bond acceptors (Lipinski definition) is 3. The number of carbonyl (C=O) groups excluding carboxylic acids is 1. The first-order valence-corrected chi connectivity index (χ1v) is 7.30. The van der Waals surface area contributed by atoms with Crippen molar-refractivity contribution in [2.24, 2.45) is 5.92 Å². The molecule has 2 amide bonds. The van der Waals surface area contributed by atoms with Crippen LogP contribution in [0.15, 0.2) is 0 Å². The fourth-order valence-electron chi connectivity index (χ4n) is 2.70. The van der Waals surface area contributed by atoms with E-state index in [2.05, 4.69) is 21.3 Å². The van der Waals surface area contributed by atoms with Crippen LogP contribution in [0.25, 0.3) is 0 Å². The topological polar surface area (TPSA) is 65.2 Å². The van der Waals surface area contributed by atoms with Gasteiger partial charge in [-0.1, -0.05) is 6.42 Å². The molecule has 1 unspecified atom stereocenters. The average molecular weight is 254 g/mol. The third kappa shape index (κ3) is 4.82. The Bertz CT molecular complexity index is 245. The lowest BCUT2D eigenvalue weighted by molar-refractivity contribution is 0.232. The SMILES string of the molecule is O=C(NCC1CCNCC1)NC1CCCCNC1. The highest BCUT2D eigenvalue weighted by atomic mass is 16.2. The molecule has 4 N–H and O–H groups in total. The molecule has 0 aliphatic carbocycles. The summed E-state index contributed by atoms with van der Waals surface area (Å²) < 4.78 is 0. The second kappa shape index (κ2) is 7.59. The highest BCUT2D eigenvalue weighted by Gasteiger charge is 2.16. The van der Waals surface area contributed by atoms with Crippen LogP contribution in [0, 0.1) is 5.92 Å². The third-order valence-electron chi connectivity index (χ3n) is 3.89. The van der Waals surface area contributed by atoms with Crippen molar-refractivity contribution >= 4 is 6.03 Å². The van der Waals surface area contributed by atoms with Crippen LogP contribution >= 0.6 is 0 Å². The van der Waals surface area contributed by atoms with E-state index in [0.29, 0.717) is 12.0 Å². The summed E-state index contributed by atoms with van der Waals surface area (Å²) in [6.07, 6.45) is 5.85. The van der Waals surface area contributed by atoms with Crippen molar-refractivity contribution in [2.45, 2.75) is 38.1 Å². The highest BCUT2D eigenvalue weighted by molar-refractivity contribution is 5.74. The lowest BCUT2D eigenvalue weighted by atomic mass is 9.98. The second-order valence-corrected chi connectivity index (χ2v) is 5.44. The summed E-state index contributed by atoms with van der Waals surface area (Å²) >= 11 is 0. The summed E-state index contributed by atoms with van der Waals surface area (Å²) in [7, 11) is 0. The summed E-state index contributed by atoms with van der Waals surface area (Å²) in [5.74, 6) is 0.643. The van der Waals surface area contributed by atoms with Gasteiger partial charge in [-0.25, -0.2) is 4.79 Å². The molecule has 5 nitrogen and oxygen atoms in total. The van der Waals surface area contributed by atoms with Gasteiger partial charge in [0.1, 0.15) is 0 Å². The van der Waals surface area contributed by atoms with Crippen molar-refractivity contribution < 1.29 is 4.79 Å². The molecule has 2 fully saturated rings. The van der Waals surface area contributed by atoms with Gasteiger partial charge in [-0.3, -0.25) is 0 Å². The van der Waals surface area contributed by atoms with Gasteiger partial charge in [0, 0.05) is 19.1 Å². The Hall–Kier alpha value is -0.810. The minimum atomic E-state index is 0.00207. The summed E-state index contributed by atoms with van der Waals surface area (Å²) in [5.41, 5.74) is 0. The van der Waals surface area contributed by atoms with Crippen LogP contribution in [0.3, 0.4) is 0 Å². The van der Waals surface area contributed by atoms with Crippen molar-refractivity contribution in [2.75, 3.05) is 32.7 Å². The molecule has 0 bridgehead atoms. The summed E-state index contributed by atoms with van der Waals surface area (Å²) in [6, 6.07) is 0.294. The largest absolute Gasteiger partial charge is 0.338 e. The van der Waals surface area contributed by atoms with E-state index in [1.54, 1.807) is 0 Å². The molecule has 2 saturated heterocycles. The van der Waals surface area contributed by atoms with Crippen LogP contribution in [0.2, 0.25) is 0 Å². The number of amides is 2. The first-order valence-electron chi connectivity index (χ1n) is 7.30. The van der Waals surface area contributed by atoms with Crippen molar-refractivity contribution in [3.8, 4) is 0 Å². The summed E-state index contributed by atoms with van der Waals surface area (Å²) in [6.45, 7) is 4.96. The number of nitrogens with one attached hydrogen (secondary N) is 4. The third-order valence-corrected chi connectivity index (χ3v) is 3.89. The van der Waals surface area contributed by atoms with Crippen molar-refractivity contribution in [1.29, 1.82) is 0 Å². The van der Waals surface area contributed by atoms with Gasteiger partial charge in [0.05, 0.1) is 0 Å². The predicted molar refractivity (Wildman–Crippen MR) is 72.6 cm³/mol. The molecule has 1 atom stereocenters. The van der Waals surface area contributed by atoms with Gasteiger partial charge in [-0.2, -0.15) is 0 Å². The number of hydrogen-bond donors (Lipinski definition) is 4. The fraction of sp³-hybridized carbons (Fsp3) is 0.923. The maximum Gasteiger partial charge on any atom is 0.315 e. The zero-order valence-electron chi connectivity index (χ0n) is 11.1. The van der Waals surface area contributed by atoms with E-state index in [4.69, 9.17) is 0 Å². The van der Waals surface area contributed by atoms with Gasteiger partial charge in [0.25, 0.3) is 0 Å². The molecule has 0 saturated carbocycles. The molecule has 2 aliphatic rings. The zero-order chi connectivity index (χ0) is 12.6. The van der Waals surface area contributed by atoms with Gasteiger partial charge in [-0.05, 0) is 51.2 Å². The van der Waals surface area contributed by atoms with E-state index in [1.165, 1.54) is 25.7 Å². The molecule has 0 aromatic rings. The van der Waals surface area contributed by atoms with Crippen LogP contribution in [0.1, 0.15) is 32.1 Å². The molecule has 2 heterocycles. The molecule has 0 aromatic heterocycles. The summed E-state index contributed by atoms with van der Waals surface area (Å²) in [5, 5.41) is 12.8. The van der Waals surface area contributed by atoms with Crippen molar-refractivity contribution in [1.82, 2.24) is 21.3 Å². The van der Waals surface area contributed by atoms with Gasteiger partial charge >= 0.3 is 6.03 Å². The Morgan fingerprint density at radius 3 is 2.72 bits per heavy atom. The molecule has 0 spiro atoms. The average Bonchev–Trinajstić information content (AvgIpc) is 2.66. The lowest BCUT2D eigenvalue weighted by Crippen LogP contribution is -2.47. The molecule has 18 heavy (non-hydrogen) atoms. The Labute approximate surface area is 109 Å². The number of urea groups is 1. The Balaban J connectivity index is 1.61. The van der Waals surface area contributed by atoms with Gasteiger partial charge in [0.15, 0.2) is 0 Å². The van der Waals surface area contributed by atoms with Crippen LogP contribution in [0.5, 0.6) is 0 Å². The summed E-state index contributed by atoms with van der Waals surface area (Å²) in [4.78, 5) is 11.8. The molecule has 104 valence electrons. The quantitative estimate of drug-likeness (QED) is 0.590. The standard InChI is InChI=1S/C13H26N4O/c18-13(16-9-11-4-7-14-8-5-11)17-12-3-1-2-6-15-10-12/h11-12,14-15H,1-10H2,(H2,16,17,18). The fourth-order valence-corrected chi connectivity index (χ4v) is 2.70. The van der Waals surface area contributed by atoms with E-state index in [9.17, 15) is 4.79 Å². The highest BCUT2D eigenvalue weighted by Crippen LogP contribution is 2.09. The van der Waals surface area contributed by atoms with Crippen molar-refractivity contribution in [3.63, 3.8) is 0 Å². The first kappa shape index (κ1) is 13.6. The Kier molecular flexibility index (Phi) is 5.74. The van der Waals surface area contributed by atoms with E-state index >= 15 is 0 Å². The van der Waals surface area contributed by atoms with Gasteiger partial charge in [-0.15, -0.1) is 0 Å². The molecule has 2 aliphatic heterocycles. The van der Waals surface area contributed by atoms with Crippen LogP contribution in [-0.2, 0) is 0 Å². The maximum atomic E-state index is 11.8. The molecule has 5 heteroatoms. The molecular weight excluding hydrogens is 228 g/mol. The van der Waals surface area contributed by atoms with Crippen molar-refractivity contribution in [3.05, 3.63) is 0 Å². The van der Waals surface area contributed by atoms with E-state index < -0.39 is 0 Å². The minimum absolute atomic E-state index is 0.00207. The van der Waals surface area contributed by atoms with Crippen LogP contribution in [-0.4, -0.2) is 44.8 Å². The second-order valence-electron chi connectivity index (χ2n) is 5.44. The lowest BCUT2D eigenvalue weighted by Gasteiger charge is -2.23. The van der Waals surface area contributed by atoms with E-state index in [-0.39, 0.29) is 6.03 Å². The smallest absolute Gasteiger partial charge is 0.315 e. The number of carbonyl (C=O) groups is 1. The zero-order valence-corrected chi connectivity index (χ0v) is 11.1. The van der Waals surface area contributed by atoms with Crippen LogP contribution in [0.4, 0.5) is 4.79 Å². The monoisotopic (exact) mass is 254 g/mol. The van der Waals surface area contributed by atoms with Crippen LogP contribution < -0.4 is 21.3 Å². The predicted octanol–water partition coefficient (Wildman–Crippen LogP) is 0.427. The minimum Gasteiger partial charge on any atom is -0.338 e. The Morgan fingerprint density at radius 2 is 1.89 bits per heavy atom. The maximum absolute atomic E-state index is 11.8. The molecular formula is C13H26N4O. The normalized spacial score (nSPS) is 26.3. The number of rotatable bonds is 3. The molecule has 2 rings (SSSR count). The van der Waals surface area contributed by atoms with Gasteiger partial charge in [0.2, 0.25) is 0 Å². The van der Waals surface area contributed by atoms with E-state index in [0.717, 1.165) is 39.1 Å². The Morgan fingerprint density at radius 1 is 1.06 bits per heavy atom.